The van der Waals surface area contributed by atoms with Gasteiger partial charge in [-0.1, -0.05) is 18.5 Å². The van der Waals surface area contributed by atoms with Crippen molar-refractivity contribution < 1.29 is 19.8 Å². The van der Waals surface area contributed by atoms with Crippen LogP contribution in [0.2, 0.25) is 5.02 Å². The molecule has 1 unspecified atom stereocenters. The summed E-state index contributed by atoms with van der Waals surface area (Å²) in [5, 5.41) is 18.3. The molecule has 1 saturated heterocycles. The number of phenolic OH excluding ortho intramolecular Hbond substituents is 1. The quantitative estimate of drug-likeness (QED) is 0.887. The highest BCUT2D eigenvalue weighted by Gasteiger charge is 2.37. The fourth-order valence-electron chi connectivity index (χ4n) is 2.02. The van der Waals surface area contributed by atoms with Gasteiger partial charge in [0.05, 0.1) is 10.9 Å². The number of rotatable bonds is 3. The number of aromatic hydroxyl groups is 1. The molecule has 5 nitrogen and oxygen atoms in total. The van der Waals surface area contributed by atoms with E-state index >= 15 is 0 Å². The number of nitrogens with zero attached hydrogens (tertiary/aromatic N) is 1. The standard InChI is InChI=1S/C13H14ClNO4/c1-7(13(18)19)9-5-15(6-9)12(17)8-2-3-11(16)10(14)4-8/h2-4,7,9,16H,5-6H2,1H3,(H,18,19). The smallest absolute Gasteiger partial charge is 0.306 e. The third-order valence-corrected chi connectivity index (χ3v) is 3.79. The number of benzene rings is 1. The lowest BCUT2D eigenvalue weighted by Gasteiger charge is -2.41. The molecule has 1 fully saturated rings. The number of hydrogen-bond donors (Lipinski definition) is 2. The maximum atomic E-state index is 12.1. The Morgan fingerprint density at radius 1 is 1.42 bits per heavy atom. The van der Waals surface area contributed by atoms with Gasteiger partial charge < -0.3 is 15.1 Å². The predicted molar refractivity (Wildman–Crippen MR) is 69.3 cm³/mol. The number of halogens is 1. The maximum Gasteiger partial charge on any atom is 0.306 e. The highest BCUT2D eigenvalue weighted by Crippen LogP contribution is 2.28. The van der Waals surface area contributed by atoms with E-state index in [0.717, 1.165) is 0 Å². The Kier molecular flexibility index (Phi) is 3.66. The van der Waals surface area contributed by atoms with Crippen molar-refractivity contribution in [2.75, 3.05) is 13.1 Å². The molecule has 1 aliphatic heterocycles. The molecule has 102 valence electrons. The largest absolute Gasteiger partial charge is 0.506 e. The van der Waals surface area contributed by atoms with Crippen LogP contribution < -0.4 is 0 Å². The van der Waals surface area contributed by atoms with Crippen molar-refractivity contribution in [3.05, 3.63) is 28.8 Å². The van der Waals surface area contributed by atoms with Gasteiger partial charge in [-0.25, -0.2) is 0 Å². The third-order valence-electron chi connectivity index (χ3n) is 3.49. The van der Waals surface area contributed by atoms with E-state index in [-0.39, 0.29) is 22.6 Å². The number of carboxylic acids is 1. The Morgan fingerprint density at radius 2 is 2.05 bits per heavy atom. The molecule has 0 spiro atoms. The van der Waals surface area contributed by atoms with Crippen LogP contribution in [0.1, 0.15) is 17.3 Å². The highest BCUT2D eigenvalue weighted by molar-refractivity contribution is 6.32. The Balaban J connectivity index is 2.00. The first-order valence-electron chi connectivity index (χ1n) is 5.90. The molecule has 1 aliphatic rings. The summed E-state index contributed by atoms with van der Waals surface area (Å²) < 4.78 is 0. The molecule has 1 aromatic carbocycles. The molecule has 1 amide bonds. The first kappa shape index (κ1) is 13.7. The fourth-order valence-corrected chi connectivity index (χ4v) is 2.20. The summed E-state index contributed by atoms with van der Waals surface area (Å²) >= 11 is 5.75. The molecule has 0 radical (unpaired) electrons. The van der Waals surface area contributed by atoms with Crippen molar-refractivity contribution in [2.45, 2.75) is 6.92 Å². The van der Waals surface area contributed by atoms with Gasteiger partial charge in [0.25, 0.3) is 5.91 Å². The minimum atomic E-state index is -0.843. The molecule has 2 N–H and O–H groups in total. The molecule has 1 heterocycles. The van der Waals surface area contributed by atoms with Gasteiger partial charge in [-0.3, -0.25) is 9.59 Å². The van der Waals surface area contributed by atoms with Crippen molar-refractivity contribution in [1.29, 1.82) is 0 Å². The summed E-state index contributed by atoms with van der Waals surface area (Å²) in [5.41, 5.74) is 0.393. The Labute approximate surface area is 115 Å². The van der Waals surface area contributed by atoms with Gasteiger partial charge in [-0.15, -0.1) is 0 Å². The Bertz CT molecular complexity index is 525. The first-order valence-corrected chi connectivity index (χ1v) is 6.28. The van der Waals surface area contributed by atoms with Crippen LogP contribution >= 0.6 is 11.6 Å². The minimum absolute atomic E-state index is 0.00552. The van der Waals surface area contributed by atoms with Gasteiger partial charge in [0.2, 0.25) is 0 Å². The summed E-state index contributed by atoms with van der Waals surface area (Å²) in [6.45, 7) is 2.52. The van der Waals surface area contributed by atoms with E-state index in [1.54, 1.807) is 11.8 Å². The van der Waals surface area contributed by atoms with E-state index in [1.165, 1.54) is 18.2 Å². The molecule has 0 aliphatic carbocycles. The van der Waals surface area contributed by atoms with E-state index in [1.807, 2.05) is 0 Å². The average Bonchev–Trinajstić information content (AvgIpc) is 2.30. The summed E-state index contributed by atoms with van der Waals surface area (Å²) in [5.74, 6) is -1.57. The van der Waals surface area contributed by atoms with E-state index in [4.69, 9.17) is 16.7 Å². The lowest BCUT2D eigenvalue weighted by molar-refractivity contribution is -0.144. The number of carboxylic acid groups (broad SMARTS) is 1. The van der Waals surface area contributed by atoms with Crippen LogP contribution in [0.15, 0.2) is 18.2 Å². The summed E-state index contributed by atoms with van der Waals surface area (Å²) in [6.07, 6.45) is 0. The maximum absolute atomic E-state index is 12.1. The minimum Gasteiger partial charge on any atom is -0.506 e. The predicted octanol–water partition coefficient (Wildman–Crippen LogP) is 1.84. The van der Waals surface area contributed by atoms with Crippen molar-refractivity contribution in [1.82, 2.24) is 4.90 Å². The SMILES string of the molecule is CC(C(=O)O)C1CN(C(=O)c2ccc(O)c(Cl)c2)C1. The van der Waals surface area contributed by atoms with Gasteiger partial charge in [0.15, 0.2) is 0 Å². The zero-order valence-electron chi connectivity index (χ0n) is 10.3. The number of amides is 1. The van der Waals surface area contributed by atoms with Crippen molar-refractivity contribution >= 4 is 23.5 Å². The zero-order chi connectivity index (χ0) is 14.2. The van der Waals surface area contributed by atoms with E-state index in [0.29, 0.717) is 18.7 Å². The molecule has 6 heteroatoms. The number of hydrogen-bond acceptors (Lipinski definition) is 3. The number of phenols is 1. The molecule has 0 bridgehead atoms. The van der Waals surface area contributed by atoms with Crippen LogP contribution in [-0.4, -0.2) is 40.1 Å². The van der Waals surface area contributed by atoms with Gasteiger partial charge in [0, 0.05) is 24.6 Å². The molecule has 2 rings (SSSR count). The van der Waals surface area contributed by atoms with Gasteiger partial charge in [-0.05, 0) is 18.2 Å². The summed E-state index contributed by atoms with van der Waals surface area (Å²) in [7, 11) is 0. The first-order chi connectivity index (χ1) is 8.90. The Hall–Kier alpha value is -1.75. The van der Waals surface area contributed by atoms with Crippen LogP contribution in [0.4, 0.5) is 0 Å². The molecule has 0 saturated carbocycles. The van der Waals surface area contributed by atoms with Crippen molar-refractivity contribution in [3.8, 4) is 5.75 Å². The van der Waals surface area contributed by atoms with Crippen LogP contribution in [0, 0.1) is 11.8 Å². The summed E-state index contributed by atoms with van der Waals surface area (Å²) in [6, 6.07) is 4.28. The lowest BCUT2D eigenvalue weighted by Crippen LogP contribution is -2.53. The van der Waals surface area contributed by atoms with Crippen LogP contribution in [-0.2, 0) is 4.79 Å². The third kappa shape index (κ3) is 2.66. The van der Waals surface area contributed by atoms with E-state index in [9.17, 15) is 14.7 Å². The molecular formula is C13H14ClNO4. The second-order valence-electron chi connectivity index (χ2n) is 4.76. The van der Waals surface area contributed by atoms with Crippen LogP contribution in [0.5, 0.6) is 5.75 Å². The van der Waals surface area contributed by atoms with Crippen molar-refractivity contribution in [2.24, 2.45) is 11.8 Å². The second-order valence-corrected chi connectivity index (χ2v) is 5.17. The topological polar surface area (TPSA) is 77.8 Å². The van der Waals surface area contributed by atoms with Gasteiger partial charge in [-0.2, -0.15) is 0 Å². The summed E-state index contributed by atoms with van der Waals surface area (Å²) in [4.78, 5) is 24.5. The molecule has 19 heavy (non-hydrogen) atoms. The number of carbonyl (C=O) groups is 2. The highest BCUT2D eigenvalue weighted by atomic mass is 35.5. The second kappa shape index (κ2) is 5.09. The Morgan fingerprint density at radius 3 is 2.58 bits per heavy atom. The molecular weight excluding hydrogens is 270 g/mol. The van der Waals surface area contributed by atoms with E-state index in [2.05, 4.69) is 0 Å². The molecule has 0 aromatic heterocycles. The van der Waals surface area contributed by atoms with Crippen LogP contribution in [0.25, 0.3) is 0 Å². The normalized spacial score (nSPS) is 16.8. The zero-order valence-corrected chi connectivity index (χ0v) is 11.1. The molecule has 1 aromatic rings. The fraction of sp³-hybridized carbons (Fsp3) is 0.385. The lowest BCUT2D eigenvalue weighted by atomic mass is 9.86. The van der Waals surface area contributed by atoms with Gasteiger partial charge in [0.1, 0.15) is 5.75 Å². The number of aliphatic carboxylic acids is 1. The van der Waals surface area contributed by atoms with Crippen LogP contribution in [0.3, 0.4) is 0 Å². The van der Waals surface area contributed by atoms with Crippen molar-refractivity contribution in [3.63, 3.8) is 0 Å². The van der Waals surface area contributed by atoms with Gasteiger partial charge >= 0.3 is 5.97 Å². The monoisotopic (exact) mass is 283 g/mol. The van der Waals surface area contributed by atoms with E-state index < -0.39 is 11.9 Å². The average molecular weight is 284 g/mol. The molecule has 1 atom stereocenters. The number of likely N-dealkylation sites (tertiary alicyclic amines) is 1. The number of carbonyl (C=O) groups excluding carboxylic acids is 1.